The predicted molar refractivity (Wildman–Crippen MR) is 110 cm³/mol. The van der Waals surface area contributed by atoms with Crippen molar-refractivity contribution in [2.24, 2.45) is 0 Å². The standard InChI is InChI=1S/C22H30N2O3/c1-15(2)24(16(3)4)22(25)17(5)23-18-11-13-19(14-12-18)27-21-10-8-7-9-20(21)26-6/h7-17,23H,1-6H3/t17-/m1/s1. The molecule has 0 aliphatic carbocycles. The number of para-hydroxylation sites is 2. The molecule has 0 aliphatic heterocycles. The Morgan fingerprint density at radius 2 is 1.44 bits per heavy atom. The molecule has 0 radical (unpaired) electrons. The highest BCUT2D eigenvalue weighted by Gasteiger charge is 2.24. The summed E-state index contributed by atoms with van der Waals surface area (Å²) in [7, 11) is 1.62. The second kappa shape index (κ2) is 9.31. The molecular weight excluding hydrogens is 340 g/mol. The molecule has 2 aromatic carbocycles. The maximum Gasteiger partial charge on any atom is 0.245 e. The molecule has 0 unspecified atom stereocenters. The predicted octanol–water partition coefficient (Wildman–Crippen LogP) is 4.93. The Bertz CT molecular complexity index is 733. The van der Waals surface area contributed by atoms with Crippen LogP contribution in [0, 0.1) is 0 Å². The highest BCUT2D eigenvalue weighted by Crippen LogP contribution is 2.31. The molecule has 0 aliphatic rings. The quantitative estimate of drug-likeness (QED) is 0.715. The summed E-state index contributed by atoms with van der Waals surface area (Å²) in [6.45, 7) is 10.0. The first-order valence-corrected chi connectivity index (χ1v) is 9.33. The van der Waals surface area contributed by atoms with Crippen molar-refractivity contribution in [2.45, 2.75) is 52.7 Å². The first-order chi connectivity index (χ1) is 12.8. The lowest BCUT2D eigenvalue weighted by Gasteiger charge is -2.33. The van der Waals surface area contributed by atoms with Crippen molar-refractivity contribution in [1.29, 1.82) is 0 Å². The second-order valence-corrected chi connectivity index (χ2v) is 7.08. The number of anilines is 1. The van der Waals surface area contributed by atoms with E-state index >= 15 is 0 Å². The zero-order valence-electron chi connectivity index (χ0n) is 17.0. The molecular formula is C22H30N2O3. The number of rotatable bonds is 8. The molecule has 5 heteroatoms. The molecule has 1 amide bonds. The van der Waals surface area contributed by atoms with Crippen LogP contribution in [0.2, 0.25) is 0 Å². The van der Waals surface area contributed by atoms with Crippen LogP contribution in [0.15, 0.2) is 48.5 Å². The van der Waals surface area contributed by atoms with Crippen molar-refractivity contribution in [3.8, 4) is 17.2 Å². The van der Waals surface area contributed by atoms with E-state index in [0.29, 0.717) is 17.2 Å². The van der Waals surface area contributed by atoms with E-state index in [1.165, 1.54) is 0 Å². The Balaban J connectivity index is 2.03. The molecule has 2 rings (SSSR count). The van der Waals surface area contributed by atoms with Gasteiger partial charge in [-0.05, 0) is 71.0 Å². The van der Waals surface area contributed by atoms with Crippen molar-refractivity contribution in [2.75, 3.05) is 12.4 Å². The van der Waals surface area contributed by atoms with Gasteiger partial charge in [-0.15, -0.1) is 0 Å². The SMILES string of the molecule is COc1ccccc1Oc1ccc(N[C@H](C)C(=O)N(C(C)C)C(C)C)cc1. The second-order valence-electron chi connectivity index (χ2n) is 7.08. The van der Waals surface area contributed by atoms with Crippen LogP contribution in [0.5, 0.6) is 17.2 Å². The number of ether oxygens (including phenoxy) is 2. The molecule has 0 fully saturated rings. The number of methoxy groups -OCH3 is 1. The summed E-state index contributed by atoms with van der Waals surface area (Å²) in [5.74, 6) is 2.14. The average Bonchev–Trinajstić information content (AvgIpc) is 2.63. The van der Waals surface area contributed by atoms with Crippen LogP contribution in [0.4, 0.5) is 5.69 Å². The number of benzene rings is 2. The molecule has 1 atom stereocenters. The number of hydrogen-bond acceptors (Lipinski definition) is 4. The minimum atomic E-state index is -0.309. The molecule has 0 saturated heterocycles. The molecule has 27 heavy (non-hydrogen) atoms. The van der Waals surface area contributed by atoms with Crippen molar-refractivity contribution >= 4 is 11.6 Å². The zero-order valence-corrected chi connectivity index (χ0v) is 17.0. The summed E-state index contributed by atoms with van der Waals surface area (Å²) < 4.78 is 11.2. The maximum absolute atomic E-state index is 12.7. The van der Waals surface area contributed by atoms with Gasteiger partial charge in [0.25, 0.3) is 0 Å². The van der Waals surface area contributed by atoms with E-state index in [1.807, 2.05) is 88.0 Å². The molecule has 5 nitrogen and oxygen atoms in total. The fourth-order valence-electron chi connectivity index (χ4n) is 3.09. The topological polar surface area (TPSA) is 50.8 Å². The first-order valence-electron chi connectivity index (χ1n) is 9.33. The number of carbonyl (C=O) groups is 1. The van der Waals surface area contributed by atoms with Gasteiger partial charge in [0.15, 0.2) is 11.5 Å². The van der Waals surface area contributed by atoms with Gasteiger partial charge >= 0.3 is 0 Å². The van der Waals surface area contributed by atoms with Crippen LogP contribution >= 0.6 is 0 Å². The molecule has 0 bridgehead atoms. The Hall–Kier alpha value is -2.69. The van der Waals surface area contributed by atoms with E-state index < -0.39 is 0 Å². The third-order valence-corrected chi connectivity index (χ3v) is 4.27. The van der Waals surface area contributed by atoms with E-state index in [4.69, 9.17) is 9.47 Å². The zero-order chi connectivity index (χ0) is 20.0. The number of nitrogens with one attached hydrogen (secondary N) is 1. The van der Waals surface area contributed by atoms with Crippen LogP contribution in [0.1, 0.15) is 34.6 Å². The summed E-state index contributed by atoms with van der Waals surface area (Å²) >= 11 is 0. The van der Waals surface area contributed by atoms with Gasteiger partial charge in [0.2, 0.25) is 5.91 Å². The monoisotopic (exact) mass is 370 g/mol. The van der Waals surface area contributed by atoms with Gasteiger partial charge in [0.1, 0.15) is 11.8 Å². The Labute approximate surface area is 162 Å². The smallest absolute Gasteiger partial charge is 0.245 e. The van der Waals surface area contributed by atoms with Gasteiger partial charge in [-0.3, -0.25) is 4.79 Å². The molecule has 0 aromatic heterocycles. The van der Waals surface area contributed by atoms with Gasteiger partial charge in [-0.1, -0.05) is 12.1 Å². The van der Waals surface area contributed by atoms with Crippen LogP contribution in [-0.2, 0) is 4.79 Å². The fraction of sp³-hybridized carbons (Fsp3) is 0.409. The minimum Gasteiger partial charge on any atom is -0.493 e. The average molecular weight is 370 g/mol. The maximum atomic E-state index is 12.7. The van der Waals surface area contributed by atoms with E-state index in [0.717, 1.165) is 5.69 Å². The lowest BCUT2D eigenvalue weighted by molar-refractivity contribution is -0.135. The van der Waals surface area contributed by atoms with Gasteiger partial charge in [-0.2, -0.15) is 0 Å². The third kappa shape index (κ3) is 5.39. The summed E-state index contributed by atoms with van der Waals surface area (Å²) in [4.78, 5) is 14.6. The largest absolute Gasteiger partial charge is 0.493 e. The van der Waals surface area contributed by atoms with E-state index in [-0.39, 0.29) is 24.0 Å². The third-order valence-electron chi connectivity index (χ3n) is 4.27. The summed E-state index contributed by atoms with van der Waals surface area (Å²) in [6, 6.07) is 15.1. The van der Waals surface area contributed by atoms with E-state index in [2.05, 4.69) is 5.32 Å². The van der Waals surface area contributed by atoms with Gasteiger partial charge in [0, 0.05) is 17.8 Å². The van der Waals surface area contributed by atoms with Crippen LogP contribution < -0.4 is 14.8 Å². The van der Waals surface area contributed by atoms with Gasteiger partial charge < -0.3 is 19.7 Å². The number of nitrogens with zero attached hydrogens (tertiary/aromatic N) is 1. The highest BCUT2D eigenvalue weighted by atomic mass is 16.5. The first kappa shape index (κ1) is 20.6. The minimum absolute atomic E-state index is 0.0920. The van der Waals surface area contributed by atoms with E-state index in [1.54, 1.807) is 7.11 Å². The number of hydrogen-bond donors (Lipinski definition) is 1. The van der Waals surface area contributed by atoms with Crippen LogP contribution in [0.25, 0.3) is 0 Å². The molecule has 0 saturated carbocycles. The highest BCUT2D eigenvalue weighted by molar-refractivity contribution is 5.84. The lowest BCUT2D eigenvalue weighted by atomic mass is 10.1. The molecule has 2 aromatic rings. The van der Waals surface area contributed by atoms with Crippen molar-refractivity contribution < 1.29 is 14.3 Å². The number of carbonyl (C=O) groups excluding carboxylic acids is 1. The summed E-state index contributed by atoms with van der Waals surface area (Å²) in [5.41, 5.74) is 0.871. The summed E-state index contributed by atoms with van der Waals surface area (Å²) in [6.07, 6.45) is 0. The molecule has 0 heterocycles. The van der Waals surface area contributed by atoms with Crippen LogP contribution in [-0.4, -0.2) is 36.0 Å². The van der Waals surface area contributed by atoms with E-state index in [9.17, 15) is 4.79 Å². The van der Waals surface area contributed by atoms with Crippen LogP contribution in [0.3, 0.4) is 0 Å². The van der Waals surface area contributed by atoms with Crippen molar-refractivity contribution in [3.63, 3.8) is 0 Å². The van der Waals surface area contributed by atoms with Crippen molar-refractivity contribution in [3.05, 3.63) is 48.5 Å². The molecule has 0 spiro atoms. The lowest BCUT2D eigenvalue weighted by Crippen LogP contribution is -2.48. The Morgan fingerprint density at radius 3 is 1.96 bits per heavy atom. The van der Waals surface area contributed by atoms with Gasteiger partial charge in [0.05, 0.1) is 7.11 Å². The molecule has 1 N–H and O–H groups in total. The van der Waals surface area contributed by atoms with Crippen molar-refractivity contribution in [1.82, 2.24) is 4.90 Å². The summed E-state index contributed by atoms with van der Waals surface area (Å²) in [5, 5.41) is 3.27. The van der Waals surface area contributed by atoms with Gasteiger partial charge in [-0.25, -0.2) is 0 Å². The fourth-order valence-corrected chi connectivity index (χ4v) is 3.09. The Morgan fingerprint density at radius 1 is 0.889 bits per heavy atom. The normalized spacial score (nSPS) is 12.0. The molecule has 146 valence electrons. The Kier molecular flexibility index (Phi) is 7.11. The number of amides is 1.